The third kappa shape index (κ3) is 3.44. The van der Waals surface area contributed by atoms with Gasteiger partial charge < -0.3 is 10.4 Å². The predicted molar refractivity (Wildman–Crippen MR) is 75.3 cm³/mol. The van der Waals surface area contributed by atoms with Gasteiger partial charge in [-0.05, 0) is 18.2 Å². The summed E-state index contributed by atoms with van der Waals surface area (Å²) in [4.78, 5) is 11.4. The van der Waals surface area contributed by atoms with Gasteiger partial charge in [0.1, 0.15) is 4.32 Å². The minimum atomic E-state index is -1.18. The molecular formula is C12H15NO2S2. The van der Waals surface area contributed by atoms with Crippen LogP contribution in [0, 0.1) is 0 Å². The number of carboxylic acid groups (broad SMARTS) is 1. The predicted octanol–water partition coefficient (Wildman–Crippen LogP) is 2.61. The number of aliphatic carboxylic acids is 1. The topological polar surface area (TPSA) is 49.3 Å². The number of nitrogens with one attached hydrogen (secondary N) is 1. The number of hydrogen-bond donors (Lipinski definition) is 2. The lowest BCUT2D eigenvalue weighted by Crippen LogP contribution is -2.48. The number of rotatable bonds is 4. The molecule has 0 saturated heterocycles. The van der Waals surface area contributed by atoms with E-state index < -0.39 is 11.5 Å². The Morgan fingerprint density at radius 1 is 1.47 bits per heavy atom. The molecule has 5 heteroatoms. The molecule has 1 atom stereocenters. The number of thioether (sulfide) groups is 1. The average molecular weight is 269 g/mol. The first kappa shape index (κ1) is 14.0. The summed E-state index contributed by atoms with van der Waals surface area (Å²) in [5.74, 6) is -0.126. The normalized spacial score (nSPS) is 13.8. The molecule has 0 amide bonds. The van der Waals surface area contributed by atoms with Crippen LogP contribution in [0.5, 0.6) is 0 Å². The second-order valence-corrected chi connectivity index (χ2v) is 5.58. The minimum Gasteiger partial charge on any atom is -0.479 e. The summed E-state index contributed by atoms with van der Waals surface area (Å²) in [5.41, 5.74) is -0.493. The molecule has 17 heavy (non-hydrogen) atoms. The van der Waals surface area contributed by atoms with Gasteiger partial charge in [0.2, 0.25) is 0 Å². The highest BCUT2D eigenvalue weighted by Gasteiger charge is 2.35. The van der Waals surface area contributed by atoms with Crippen LogP contribution in [0.3, 0.4) is 0 Å². The van der Waals surface area contributed by atoms with E-state index >= 15 is 0 Å². The molecule has 1 rings (SSSR count). The van der Waals surface area contributed by atoms with Gasteiger partial charge in [0.05, 0.1) is 0 Å². The van der Waals surface area contributed by atoms with Crippen molar-refractivity contribution in [3.63, 3.8) is 0 Å². The monoisotopic (exact) mass is 269 g/mol. The Labute approximate surface area is 111 Å². The molecule has 0 saturated carbocycles. The fourth-order valence-corrected chi connectivity index (χ4v) is 2.49. The maximum atomic E-state index is 11.4. The molecule has 1 aromatic rings. The molecule has 0 heterocycles. The Balaban J connectivity index is 2.99. The zero-order chi connectivity index (χ0) is 12.9. The van der Waals surface area contributed by atoms with Crippen molar-refractivity contribution in [2.45, 2.75) is 19.4 Å². The number of thiocarbonyl (C=S) groups is 1. The Morgan fingerprint density at radius 2 is 2.06 bits per heavy atom. The third-order valence-electron chi connectivity index (χ3n) is 2.41. The highest BCUT2D eigenvalue weighted by atomic mass is 32.2. The quantitative estimate of drug-likeness (QED) is 0.823. The van der Waals surface area contributed by atoms with Crippen LogP contribution in [0.2, 0.25) is 0 Å². The van der Waals surface area contributed by atoms with Crippen molar-refractivity contribution in [2.24, 2.45) is 0 Å². The zero-order valence-corrected chi connectivity index (χ0v) is 11.4. The molecule has 0 aliphatic carbocycles. The lowest BCUT2D eigenvalue weighted by molar-refractivity contribution is -0.143. The van der Waals surface area contributed by atoms with Crippen LogP contribution in [-0.4, -0.2) is 21.1 Å². The fraction of sp³-hybridized carbons (Fsp3) is 0.333. The molecule has 0 aliphatic rings. The summed E-state index contributed by atoms with van der Waals surface area (Å²) >= 11 is 6.54. The van der Waals surface area contributed by atoms with E-state index in [1.807, 2.05) is 25.1 Å². The highest BCUT2D eigenvalue weighted by molar-refractivity contribution is 8.22. The SMILES string of the molecule is CCSC(=S)NC(C)(C(=O)O)c1ccccc1. The molecule has 0 fully saturated rings. The second kappa shape index (κ2) is 6.02. The van der Waals surface area contributed by atoms with Gasteiger partial charge in [0, 0.05) is 0 Å². The van der Waals surface area contributed by atoms with Crippen LogP contribution >= 0.6 is 24.0 Å². The molecule has 1 unspecified atom stereocenters. The van der Waals surface area contributed by atoms with Gasteiger partial charge >= 0.3 is 5.97 Å². The number of carbonyl (C=O) groups is 1. The van der Waals surface area contributed by atoms with Crippen molar-refractivity contribution in [1.29, 1.82) is 0 Å². The van der Waals surface area contributed by atoms with Gasteiger partial charge in [0.15, 0.2) is 5.54 Å². The first-order valence-corrected chi connectivity index (χ1v) is 6.64. The maximum absolute atomic E-state index is 11.4. The summed E-state index contributed by atoms with van der Waals surface area (Å²) in [5, 5.41) is 12.3. The maximum Gasteiger partial charge on any atom is 0.333 e. The molecule has 0 aromatic heterocycles. The summed E-state index contributed by atoms with van der Waals surface area (Å²) in [6.07, 6.45) is 0. The lowest BCUT2D eigenvalue weighted by atomic mass is 9.92. The summed E-state index contributed by atoms with van der Waals surface area (Å²) in [6, 6.07) is 9.04. The van der Waals surface area contributed by atoms with E-state index in [-0.39, 0.29) is 0 Å². The van der Waals surface area contributed by atoms with Crippen LogP contribution < -0.4 is 5.32 Å². The van der Waals surface area contributed by atoms with Gasteiger partial charge in [-0.2, -0.15) is 0 Å². The Hall–Kier alpha value is -1.07. The molecule has 1 aromatic carbocycles. The first-order chi connectivity index (χ1) is 8.00. The summed E-state index contributed by atoms with van der Waals surface area (Å²) in [7, 11) is 0. The Kier molecular flexibility index (Phi) is 4.96. The van der Waals surface area contributed by atoms with Crippen LogP contribution in [-0.2, 0) is 10.3 Å². The van der Waals surface area contributed by atoms with Crippen molar-refractivity contribution in [3.8, 4) is 0 Å². The van der Waals surface area contributed by atoms with E-state index in [1.54, 1.807) is 19.1 Å². The van der Waals surface area contributed by atoms with Gasteiger partial charge in [0.25, 0.3) is 0 Å². The smallest absolute Gasteiger partial charge is 0.333 e. The summed E-state index contributed by atoms with van der Waals surface area (Å²) in [6.45, 7) is 3.59. The molecule has 0 radical (unpaired) electrons. The molecular weight excluding hydrogens is 254 g/mol. The van der Waals surface area contributed by atoms with Gasteiger partial charge in [-0.1, -0.05) is 61.2 Å². The van der Waals surface area contributed by atoms with Crippen LogP contribution in [0.15, 0.2) is 30.3 Å². The number of carboxylic acids is 1. The fourth-order valence-electron chi connectivity index (χ4n) is 1.39. The lowest BCUT2D eigenvalue weighted by Gasteiger charge is -2.27. The number of hydrogen-bond acceptors (Lipinski definition) is 3. The Morgan fingerprint density at radius 3 is 2.53 bits per heavy atom. The van der Waals surface area contributed by atoms with E-state index in [4.69, 9.17) is 12.2 Å². The largest absolute Gasteiger partial charge is 0.479 e. The third-order valence-corrected chi connectivity index (χ3v) is 3.51. The van der Waals surface area contributed by atoms with Crippen molar-refractivity contribution < 1.29 is 9.90 Å². The van der Waals surface area contributed by atoms with Gasteiger partial charge in [-0.15, -0.1) is 0 Å². The van der Waals surface area contributed by atoms with E-state index in [0.717, 1.165) is 5.75 Å². The van der Waals surface area contributed by atoms with E-state index in [9.17, 15) is 9.90 Å². The minimum absolute atomic E-state index is 0.501. The average Bonchev–Trinajstić information content (AvgIpc) is 2.30. The van der Waals surface area contributed by atoms with Gasteiger partial charge in [-0.3, -0.25) is 0 Å². The van der Waals surface area contributed by atoms with E-state index in [1.165, 1.54) is 11.8 Å². The summed E-state index contributed by atoms with van der Waals surface area (Å²) < 4.78 is 0.501. The van der Waals surface area contributed by atoms with E-state index in [0.29, 0.717) is 9.88 Å². The molecule has 92 valence electrons. The van der Waals surface area contributed by atoms with E-state index in [2.05, 4.69) is 5.32 Å². The highest BCUT2D eigenvalue weighted by Crippen LogP contribution is 2.22. The second-order valence-electron chi connectivity index (χ2n) is 3.64. The molecule has 0 bridgehead atoms. The van der Waals surface area contributed by atoms with Crippen molar-refractivity contribution in [2.75, 3.05) is 5.75 Å². The van der Waals surface area contributed by atoms with Crippen molar-refractivity contribution in [3.05, 3.63) is 35.9 Å². The first-order valence-electron chi connectivity index (χ1n) is 5.24. The van der Waals surface area contributed by atoms with Crippen molar-refractivity contribution >= 4 is 34.3 Å². The van der Waals surface area contributed by atoms with Gasteiger partial charge in [-0.25, -0.2) is 4.79 Å². The molecule has 3 nitrogen and oxygen atoms in total. The number of benzene rings is 1. The molecule has 2 N–H and O–H groups in total. The standard InChI is InChI=1S/C12H15NO2S2/c1-3-17-11(16)13-12(2,10(14)15)9-7-5-4-6-8-9/h4-8H,3H2,1-2H3,(H,13,16)(H,14,15). The molecule has 0 spiro atoms. The zero-order valence-electron chi connectivity index (χ0n) is 9.77. The van der Waals surface area contributed by atoms with Crippen LogP contribution in [0.1, 0.15) is 19.4 Å². The van der Waals surface area contributed by atoms with Crippen LogP contribution in [0.4, 0.5) is 0 Å². The molecule has 0 aliphatic heterocycles. The van der Waals surface area contributed by atoms with Crippen molar-refractivity contribution in [1.82, 2.24) is 5.32 Å². The Bertz CT molecular complexity index is 408. The van der Waals surface area contributed by atoms with Crippen LogP contribution in [0.25, 0.3) is 0 Å².